The van der Waals surface area contributed by atoms with Crippen molar-refractivity contribution in [3.05, 3.63) is 27.7 Å². The highest BCUT2D eigenvalue weighted by atomic mass is 35.7. The Morgan fingerprint density at radius 2 is 1.86 bits per heavy atom. The van der Waals surface area contributed by atoms with E-state index in [2.05, 4.69) is 6.92 Å². The van der Waals surface area contributed by atoms with Crippen LogP contribution in [-0.4, -0.2) is 21.0 Å². The van der Waals surface area contributed by atoms with Gasteiger partial charge in [-0.05, 0) is 18.6 Å². The number of rotatable bonds is 7. The molecule has 1 aromatic rings. The molecular weight excluding hydrogens is 359 g/mol. The predicted octanol–water partition coefficient (Wildman–Crippen LogP) is 4.66. The van der Waals surface area contributed by atoms with Crippen molar-refractivity contribution >= 4 is 48.9 Å². The first-order valence-electron chi connectivity index (χ1n) is 6.38. The lowest BCUT2D eigenvalue weighted by Crippen LogP contribution is -2.08. The van der Waals surface area contributed by atoms with Gasteiger partial charge in [-0.15, -0.1) is 0 Å². The third kappa shape index (κ3) is 5.66. The maximum Gasteiger partial charge on any atom is 0.338 e. The van der Waals surface area contributed by atoms with Gasteiger partial charge >= 0.3 is 5.97 Å². The van der Waals surface area contributed by atoms with Crippen LogP contribution in [-0.2, 0) is 13.8 Å². The molecule has 0 atom stereocenters. The van der Waals surface area contributed by atoms with Gasteiger partial charge in [-0.25, -0.2) is 13.2 Å². The largest absolute Gasteiger partial charge is 0.462 e. The Morgan fingerprint density at radius 1 is 1.19 bits per heavy atom. The van der Waals surface area contributed by atoms with Crippen LogP contribution in [0.25, 0.3) is 0 Å². The van der Waals surface area contributed by atoms with E-state index in [1.54, 1.807) is 0 Å². The summed E-state index contributed by atoms with van der Waals surface area (Å²) >= 11 is 11.6. The lowest BCUT2D eigenvalue weighted by atomic mass is 10.2. The zero-order chi connectivity index (χ0) is 16.0. The van der Waals surface area contributed by atoms with Gasteiger partial charge in [0, 0.05) is 10.7 Å². The van der Waals surface area contributed by atoms with E-state index in [9.17, 15) is 13.2 Å². The second-order valence-electron chi connectivity index (χ2n) is 4.40. The van der Waals surface area contributed by atoms with Gasteiger partial charge in [-0.1, -0.05) is 49.4 Å². The lowest BCUT2D eigenvalue weighted by molar-refractivity contribution is 0.0497. The molecule has 1 rings (SSSR count). The molecule has 0 bridgehead atoms. The standard InChI is InChI=1S/C13H15Cl3O4S/c1-2-3-4-5-6-20-13(17)9-7-10(14)12(15)11(8-9)21(16,18)19/h7-8H,2-6H2,1H3. The van der Waals surface area contributed by atoms with E-state index in [0.717, 1.165) is 31.7 Å². The van der Waals surface area contributed by atoms with E-state index in [0.29, 0.717) is 0 Å². The fourth-order valence-corrected chi connectivity index (χ4v) is 3.40. The van der Waals surface area contributed by atoms with Crippen molar-refractivity contribution in [1.29, 1.82) is 0 Å². The number of benzene rings is 1. The number of esters is 1. The summed E-state index contributed by atoms with van der Waals surface area (Å²) in [6.07, 6.45) is 3.87. The molecule has 0 amide bonds. The van der Waals surface area contributed by atoms with Gasteiger partial charge in [0.25, 0.3) is 9.05 Å². The predicted molar refractivity (Wildman–Crippen MR) is 83.9 cm³/mol. The molecule has 8 heteroatoms. The van der Waals surface area contributed by atoms with Crippen molar-refractivity contribution < 1.29 is 17.9 Å². The number of carbonyl (C=O) groups excluding carboxylic acids is 1. The molecule has 0 unspecified atom stereocenters. The van der Waals surface area contributed by atoms with Crippen LogP contribution in [0.4, 0.5) is 0 Å². The molecule has 0 aliphatic heterocycles. The summed E-state index contributed by atoms with van der Waals surface area (Å²) in [7, 11) is 1.15. The minimum Gasteiger partial charge on any atom is -0.462 e. The quantitative estimate of drug-likeness (QED) is 0.396. The monoisotopic (exact) mass is 372 g/mol. The van der Waals surface area contributed by atoms with Crippen LogP contribution in [0, 0.1) is 0 Å². The van der Waals surface area contributed by atoms with E-state index >= 15 is 0 Å². The summed E-state index contributed by atoms with van der Waals surface area (Å²) in [5.41, 5.74) is -0.000818. The Labute approximate surface area is 138 Å². The van der Waals surface area contributed by atoms with Crippen molar-refractivity contribution in [2.75, 3.05) is 6.61 Å². The molecule has 0 aromatic heterocycles. The molecule has 118 valence electrons. The normalized spacial score (nSPS) is 11.4. The maximum atomic E-state index is 11.9. The number of hydrogen-bond acceptors (Lipinski definition) is 4. The first-order valence-corrected chi connectivity index (χ1v) is 9.44. The molecule has 0 heterocycles. The first kappa shape index (κ1) is 18.6. The Balaban J connectivity index is 2.84. The third-order valence-corrected chi connectivity index (χ3v) is 4.98. The average molecular weight is 374 g/mol. The number of ether oxygens (including phenoxy) is 1. The molecule has 0 spiro atoms. The van der Waals surface area contributed by atoms with Crippen molar-refractivity contribution in [1.82, 2.24) is 0 Å². The summed E-state index contributed by atoms with van der Waals surface area (Å²) < 4.78 is 27.8. The zero-order valence-corrected chi connectivity index (χ0v) is 14.4. The fraction of sp³-hybridized carbons (Fsp3) is 0.462. The summed E-state index contributed by atoms with van der Waals surface area (Å²) in [4.78, 5) is 11.5. The van der Waals surface area contributed by atoms with Gasteiger partial charge in [-0.3, -0.25) is 0 Å². The highest BCUT2D eigenvalue weighted by Crippen LogP contribution is 2.33. The van der Waals surface area contributed by atoms with Crippen LogP contribution in [0.3, 0.4) is 0 Å². The minimum absolute atomic E-state index is 0.000818. The van der Waals surface area contributed by atoms with Crippen molar-refractivity contribution in [3.63, 3.8) is 0 Å². The molecule has 1 aromatic carbocycles. The molecule has 0 saturated carbocycles. The smallest absolute Gasteiger partial charge is 0.338 e. The number of unbranched alkanes of at least 4 members (excludes halogenated alkanes) is 3. The van der Waals surface area contributed by atoms with Gasteiger partial charge < -0.3 is 4.74 Å². The zero-order valence-electron chi connectivity index (χ0n) is 11.4. The SMILES string of the molecule is CCCCCCOC(=O)c1cc(Cl)c(Cl)c(S(=O)(=O)Cl)c1. The Morgan fingerprint density at radius 3 is 2.43 bits per heavy atom. The maximum absolute atomic E-state index is 11.9. The molecule has 21 heavy (non-hydrogen) atoms. The summed E-state index contributed by atoms with van der Waals surface area (Å²) in [5.74, 6) is -0.661. The fourth-order valence-electron chi connectivity index (χ4n) is 1.64. The molecular formula is C13H15Cl3O4S. The summed E-state index contributed by atoms with van der Waals surface area (Å²) in [6.45, 7) is 2.35. The van der Waals surface area contributed by atoms with Crippen LogP contribution in [0.1, 0.15) is 43.0 Å². The molecule has 0 saturated heterocycles. The first-order chi connectivity index (χ1) is 9.77. The molecule has 0 N–H and O–H groups in total. The van der Waals surface area contributed by atoms with Gasteiger partial charge in [0.05, 0.1) is 22.2 Å². The highest BCUT2D eigenvalue weighted by molar-refractivity contribution is 8.13. The van der Waals surface area contributed by atoms with Crippen LogP contribution in [0.5, 0.6) is 0 Å². The average Bonchev–Trinajstić information content (AvgIpc) is 2.39. The third-order valence-electron chi connectivity index (χ3n) is 2.72. The second kappa shape index (κ2) is 8.22. The van der Waals surface area contributed by atoms with E-state index in [1.807, 2.05) is 0 Å². The van der Waals surface area contributed by atoms with Crippen molar-refractivity contribution in [3.8, 4) is 0 Å². The second-order valence-corrected chi connectivity index (χ2v) is 7.72. The topological polar surface area (TPSA) is 60.4 Å². The Bertz CT molecular complexity index is 614. The van der Waals surface area contributed by atoms with Crippen LogP contribution in [0.15, 0.2) is 17.0 Å². The number of carbonyl (C=O) groups is 1. The van der Waals surface area contributed by atoms with Crippen LogP contribution >= 0.6 is 33.9 Å². The van der Waals surface area contributed by atoms with Crippen LogP contribution in [0.2, 0.25) is 10.0 Å². The summed E-state index contributed by atoms with van der Waals surface area (Å²) in [6, 6.07) is 2.31. The lowest BCUT2D eigenvalue weighted by Gasteiger charge is -2.08. The highest BCUT2D eigenvalue weighted by Gasteiger charge is 2.21. The molecule has 0 aliphatic carbocycles. The van der Waals surface area contributed by atoms with Crippen molar-refractivity contribution in [2.45, 2.75) is 37.5 Å². The van der Waals surface area contributed by atoms with Gasteiger partial charge in [0.1, 0.15) is 4.90 Å². The van der Waals surface area contributed by atoms with E-state index in [-0.39, 0.29) is 22.2 Å². The minimum atomic E-state index is -4.10. The van der Waals surface area contributed by atoms with Gasteiger partial charge in [0.2, 0.25) is 0 Å². The molecule has 4 nitrogen and oxygen atoms in total. The number of hydrogen-bond donors (Lipinski definition) is 0. The molecule has 0 aliphatic rings. The summed E-state index contributed by atoms with van der Waals surface area (Å²) in [5, 5.41) is -0.289. The molecule has 0 fully saturated rings. The van der Waals surface area contributed by atoms with Crippen LogP contribution < -0.4 is 0 Å². The van der Waals surface area contributed by atoms with Crippen molar-refractivity contribution in [2.24, 2.45) is 0 Å². The van der Waals surface area contributed by atoms with E-state index in [4.69, 9.17) is 38.6 Å². The van der Waals surface area contributed by atoms with E-state index in [1.165, 1.54) is 6.07 Å². The van der Waals surface area contributed by atoms with Gasteiger partial charge in [0.15, 0.2) is 0 Å². The molecule has 0 radical (unpaired) electrons. The Hall–Kier alpha value is -0.490. The van der Waals surface area contributed by atoms with Gasteiger partial charge in [-0.2, -0.15) is 0 Å². The number of halogens is 3. The van der Waals surface area contributed by atoms with E-state index < -0.39 is 19.9 Å². The Kier molecular flexibility index (Phi) is 7.27.